The standard InChI is InChI=1S/C6H11BrN2O3S/c7-4-13(11,12)9-3-1-2-5(9)6(8)10/h5H,1-4H2,(H2,8,10). The zero-order valence-electron chi connectivity index (χ0n) is 6.94. The number of rotatable bonds is 3. The predicted molar refractivity (Wildman–Crippen MR) is 51.6 cm³/mol. The molecule has 1 saturated heterocycles. The summed E-state index contributed by atoms with van der Waals surface area (Å²) in [6.45, 7) is 0.390. The fraction of sp³-hybridized carbons (Fsp3) is 0.833. The maximum Gasteiger partial charge on any atom is 0.235 e. The summed E-state index contributed by atoms with van der Waals surface area (Å²) < 4.78 is 23.8. The zero-order valence-corrected chi connectivity index (χ0v) is 9.34. The number of sulfonamides is 1. The SMILES string of the molecule is NC(=O)C1CCCN1S(=O)(=O)CBr. The average Bonchev–Trinajstić information content (AvgIpc) is 2.52. The minimum Gasteiger partial charge on any atom is -0.368 e. The van der Waals surface area contributed by atoms with Gasteiger partial charge in [0.25, 0.3) is 0 Å². The number of hydrogen-bond donors (Lipinski definition) is 1. The van der Waals surface area contributed by atoms with Gasteiger partial charge in [0.2, 0.25) is 15.9 Å². The van der Waals surface area contributed by atoms with E-state index in [0.717, 1.165) is 0 Å². The molecule has 0 aromatic heterocycles. The van der Waals surface area contributed by atoms with E-state index < -0.39 is 22.0 Å². The Labute approximate surface area is 85.4 Å². The second kappa shape index (κ2) is 3.93. The van der Waals surface area contributed by atoms with Crippen LogP contribution in [0.5, 0.6) is 0 Å². The number of nitrogens with two attached hydrogens (primary N) is 1. The first-order chi connectivity index (χ1) is 5.99. The van der Waals surface area contributed by atoms with Gasteiger partial charge in [-0.15, -0.1) is 0 Å². The number of alkyl halides is 1. The molecule has 1 aliphatic rings. The molecule has 1 unspecified atom stereocenters. The van der Waals surface area contributed by atoms with E-state index in [1.807, 2.05) is 0 Å². The molecule has 1 heterocycles. The molecule has 0 saturated carbocycles. The van der Waals surface area contributed by atoms with Gasteiger partial charge in [0.05, 0.1) is 0 Å². The molecule has 1 rings (SSSR count). The van der Waals surface area contributed by atoms with Gasteiger partial charge in [-0.2, -0.15) is 4.31 Å². The predicted octanol–water partition coefficient (Wildman–Crippen LogP) is -0.382. The normalized spacial score (nSPS) is 24.8. The van der Waals surface area contributed by atoms with Crippen molar-refractivity contribution in [1.82, 2.24) is 4.31 Å². The van der Waals surface area contributed by atoms with Crippen LogP contribution >= 0.6 is 15.9 Å². The molecule has 1 fully saturated rings. The Morgan fingerprint density at radius 2 is 2.23 bits per heavy atom. The summed E-state index contributed by atoms with van der Waals surface area (Å²) in [5, 5.41) is 0. The number of nitrogens with zero attached hydrogens (tertiary/aromatic N) is 1. The van der Waals surface area contributed by atoms with Crippen molar-refractivity contribution < 1.29 is 13.2 Å². The Hall–Kier alpha value is -0.140. The molecule has 2 N–H and O–H groups in total. The van der Waals surface area contributed by atoms with Gasteiger partial charge in [0.15, 0.2) is 0 Å². The van der Waals surface area contributed by atoms with Gasteiger partial charge in [-0.1, -0.05) is 15.9 Å². The lowest BCUT2D eigenvalue weighted by molar-refractivity contribution is -0.121. The third kappa shape index (κ3) is 2.21. The molecule has 0 aromatic rings. The summed E-state index contributed by atoms with van der Waals surface area (Å²) in [5.74, 6) is -0.568. The van der Waals surface area contributed by atoms with Gasteiger partial charge in [-0.3, -0.25) is 4.79 Å². The molecule has 0 aliphatic carbocycles. The highest BCUT2D eigenvalue weighted by Gasteiger charge is 2.36. The first-order valence-corrected chi connectivity index (χ1v) is 6.57. The second-order valence-electron chi connectivity index (χ2n) is 2.89. The first kappa shape index (κ1) is 10.9. The van der Waals surface area contributed by atoms with E-state index in [1.165, 1.54) is 4.31 Å². The van der Waals surface area contributed by atoms with Crippen molar-refractivity contribution in [1.29, 1.82) is 0 Å². The smallest absolute Gasteiger partial charge is 0.235 e. The van der Waals surface area contributed by atoms with Crippen LogP contribution in [0.15, 0.2) is 0 Å². The molecule has 1 aliphatic heterocycles. The maximum atomic E-state index is 11.4. The highest BCUT2D eigenvalue weighted by atomic mass is 79.9. The number of hydrogen-bond acceptors (Lipinski definition) is 3. The fourth-order valence-corrected chi connectivity index (χ4v) is 3.34. The van der Waals surface area contributed by atoms with E-state index in [9.17, 15) is 13.2 Å². The van der Waals surface area contributed by atoms with Crippen LogP contribution in [0.3, 0.4) is 0 Å². The van der Waals surface area contributed by atoms with Gasteiger partial charge in [-0.25, -0.2) is 8.42 Å². The lowest BCUT2D eigenvalue weighted by Crippen LogP contribution is -2.43. The largest absolute Gasteiger partial charge is 0.368 e. The van der Waals surface area contributed by atoms with E-state index in [0.29, 0.717) is 19.4 Å². The van der Waals surface area contributed by atoms with Crippen LogP contribution in [0, 0.1) is 0 Å². The number of primary amides is 1. The summed E-state index contributed by atoms with van der Waals surface area (Å²) in [6, 6.07) is -0.650. The van der Waals surface area contributed by atoms with Crippen LogP contribution in [0.4, 0.5) is 0 Å². The van der Waals surface area contributed by atoms with Crippen molar-refractivity contribution >= 4 is 31.9 Å². The summed E-state index contributed by atoms with van der Waals surface area (Å²) in [6.07, 6.45) is 1.22. The number of carbonyl (C=O) groups excluding carboxylic acids is 1. The highest BCUT2D eigenvalue weighted by molar-refractivity contribution is 9.10. The molecule has 1 atom stereocenters. The topological polar surface area (TPSA) is 80.5 Å². The van der Waals surface area contributed by atoms with E-state index in [1.54, 1.807) is 0 Å². The monoisotopic (exact) mass is 270 g/mol. The van der Waals surface area contributed by atoms with Crippen LogP contribution in [0.25, 0.3) is 0 Å². The third-order valence-corrected chi connectivity index (χ3v) is 5.19. The van der Waals surface area contributed by atoms with Crippen molar-refractivity contribution in [2.24, 2.45) is 5.73 Å². The van der Waals surface area contributed by atoms with Crippen molar-refractivity contribution in [3.63, 3.8) is 0 Å². The third-order valence-electron chi connectivity index (χ3n) is 2.03. The molecule has 0 aromatic carbocycles. The van der Waals surface area contributed by atoms with Crippen LogP contribution in [0.2, 0.25) is 0 Å². The molecule has 13 heavy (non-hydrogen) atoms. The average molecular weight is 271 g/mol. The van der Waals surface area contributed by atoms with Crippen molar-refractivity contribution in [2.45, 2.75) is 18.9 Å². The maximum absolute atomic E-state index is 11.4. The summed E-state index contributed by atoms with van der Waals surface area (Å²) >= 11 is 2.88. The van der Waals surface area contributed by atoms with Crippen LogP contribution in [0.1, 0.15) is 12.8 Å². The van der Waals surface area contributed by atoms with Gasteiger partial charge < -0.3 is 5.73 Å². The second-order valence-corrected chi connectivity index (χ2v) is 6.12. The summed E-state index contributed by atoms with van der Waals surface area (Å²) in [7, 11) is -3.34. The lowest BCUT2D eigenvalue weighted by Gasteiger charge is -2.19. The van der Waals surface area contributed by atoms with E-state index in [2.05, 4.69) is 15.9 Å². The van der Waals surface area contributed by atoms with Gasteiger partial charge in [0, 0.05) is 6.54 Å². The molecule has 5 nitrogen and oxygen atoms in total. The van der Waals surface area contributed by atoms with Crippen molar-refractivity contribution in [3.05, 3.63) is 0 Å². The molecule has 0 bridgehead atoms. The Kier molecular flexibility index (Phi) is 3.31. The van der Waals surface area contributed by atoms with Gasteiger partial charge in [0.1, 0.15) is 10.7 Å². The van der Waals surface area contributed by atoms with Crippen molar-refractivity contribution in [3.8, 4) is 0 Å². The summed E-state index contributed by atoms with van der Waals surface area (Å²) in [4.78, 5) is 10.9. The Balaban J connectivity index is 2.86. The van der Waals surface area contributed by atoms with Gasteiger partial charge in [-0.05, 0) is 12.8 Å². The molecule has 0 spiro atoms. The molecule has 7 heteroatoms. The molecule has 76 valence electrons. The molecular formula is C6H11BrN2O3S. The minimum absolute atomic E-state index is 0.163. The molecular weight excluding hydrogens is 260 g/mol. The van der Waals surface area contributed by atoms with E-state index in [-0.39, 0.29) is 4.66 Å². The van der Waals surface area contributed by atoms with E-state index >= 15 is 0 Å². The Morgan fingerprint density at radius 1 is 1.62 bits per heavy atom. The number of amides is 1. The number of halogens is 1. The molecule has 1 amide bonds. The Bertz CT molecular complexity index is 303. The van der Waals surface area contributed by atoms with Crippen LogP contribution < -0.4 is 5.73 Å². The van der Waals surface area contributed by atoms with Crippen LogP contribution in [-0.2, 0) is 14.8 Å². The van der Waals surface area contributed by atoms with E-state index in [4.69, 9.17) is 5.73 Å². The van der Waals surface area contributed by atoms with Crippen molar-refractivity contribution in [2.75, 3.05) is 11.2 Å². The first-order valence-electron chi connectivity index (χ1n) is 3.84. The molecule has 0 radical (unpaired) electrons. The van der Waals surface area contributed by atoms with Gasteiger partial charge >= 0.3 is 0 Å². The lowest BCUT2D eigenvalue weighted by atomic mass is 10.2. The number of carbonyl (C=O) groups is 1. The summed E-state index contributed by atoms with van der Waals surface area (Å²) in [5.41, 5.74) is 5.08. The highest BCUT2D eigenvalue weighted by Crippen LogP contribution is 2.21. The zero-order chi connectivity index (χ0) is 10.1. The quantitative estimate of drug-likeness (QED) is 0.710. The van der Waals surface area contributed by atoms with Crippen LogP contribution in [-0.4, -0.2) is 35.9 Å². The fourth-order valence-electron chi connectivity index (χ4n) is 1.42. The Morgan fingerprint density at radius 3 is 2.69 bits per heavy atom. The minimum atomic E-state index is -3.34.